The Labute approximate surface area is 185 Å². The van der Waals surface area contributed by atoms with Gasteiger partial charge in [0.15, 0.2) is 0 Å². The van der Waals surface area contributed by atoms with Crippen LogP contribution in [-0.2, 0) is 18.3 Å². The molecule has 3 aliphatic rings. The van der Waals surface area contributed by atoms with Gasteiger partial charge in [0.25, 0.3) is 0 Å². The molecule has 2 aliphatic carbocycles. The monoisotopic (exact) mass is 432 g/mol. The Balaban J connectivity index is 1.53. The van der Waals surface area contributed by atoms with E-state index < -0.39 is 5.97 Å². The summed E-state index contributed by atoms with van der Waals surface area (Å²) in [6, 6.07) is 8.31. The van der Waals surface area contributed by atoms with Crippen LogP contribution in [0.5, 0.6) is 0 Å². The van der Waals surface area contributed by atoms with Crippen LogP contribution in [0, 0.1) is 5.82 Å². The van der Waals surface area contributed by atoms with E-state index in [2.05, 4.69) is 14.9 Å². The quantitative estimate of drug-likeness (QED) is 0.588. The van der Waals surface area contributed by atoms with E-state index in [1.54, 1.807) is 6.07 Å². The van der Waals surface area contributed by atoms with Crippen LogP contribution in [0.1, 0.15) is 40.0 Å². The first-order valence-corrected chi connectivity index (χ1v) is 11.0. The number of carboxylic acids is 1. The minimum Gasteiger partial charge on any atom is -0.478 e. The maximum Gasteiger partial charge on any atom is 0.337 e. The third-order valence-corrected chi connectivity index (χ3v) is 7.64. The Morgan fingerprint density at radius 2 is 2.03 bits per heavy atom. The van der Waals surface area contributed by atoms with Gasteiger partial charge >= 0.3 is 5.97 Å². The molecule has 0 unspecified atom stereocenters. The van der Waals surface area contributed by atoms with Crippen molar-refractivity contribution in [3.63, 3.8) is 0 Å². The predicted octanol–water partition coefficient (Wildman–Crippen LogP) is 3.35. The molecular formula is C25H25FN4O2. The van der Waals surface area contributed by atoms with Crippen molar-refractivity contribution in [2.24, 2.45) is 5.73 Å². The number of likely N-dealkylation sites (tertiary alicyclic amines) is 1. The number of aromatic amines is 1. The van der Waals surface area contributed by atoms with Crippen LogP contribution < -0.4 is 5.73 Å². The fraction of sp³-hybridized carbons (Fsp3) is 0.360. The molecule has 7 heteroatoms. The first kappa shape index (κ1) is 19.6. The number of hydrogen-bond donors (Lipinski definition) is 3. The number of H-pyrrole nitrogens is 1. The summed E-state index contributed by atoms with van der Waals surface area (Å²) in [5.74, 6) is -1.22. The van der Waals surface area contributed by atoms with Crippen LogP contribution in [0.15, 0.2) is 36.5 Å². The molecule has 2 fully saturated rings. The molecule has 32 heavy (non-hydrogen) atoms. The molecule has 0 spiro atoms. The first-order chi connectivity index (χ1) is 15.3. The minimum atomic E-state index is -0.904. The average Bonchev–Trinajstić information content (AvgIpc) is 3.37. The maximum atomic E-state index is 13.8. The van der Waals surface area contributed by atoms with Crippen LogP contribution in [0.2, 0.25) is 0 Å². The van der Waals surface area contributed by atoms with Gasteiger partial charge < -0.3 is 20.7 Å². The number of nitrogens with two attached hydrogens (primary N) is 1. The molecule has 6 rings (SSSR count). The molecule has 1 aromatic carbocycles. The minimum absolute atomic E-state index is 0.313. The molecule has 1 aliphatic heterocycles. The second-order valence-electron chi connectivity index (χ2n) is 9.68. The van der Waals surface area contributed by atoms with Crippen LogP contribution in [0.3, 0.4) is 0 Å². The smallest absolute Gasteiger partial charge is 0.337 e. The number of rotatable bonds is 4. The summed E-state index contributed by atoms with van der Waals surface area (Å²) >= 11 is 0. The number of halogens is 1. The van der Waals surface area contributed by atoms with Crippen LogP contribution in [0.4, 0.5) is 4.39 Å². The summed E-state index contributed by atoms with van der Waals surface area (Å²) in [5.41, 5.74) is 12.2. The van der Waals surface area contributed by atoms with E-state index in [0.29, 0.717) is 23.2 Å². The number of likely N-dealkylation sites (N-methyl/N-ethyl adjacent to an activating group) is 1. The number of benzene rings is 1. The zero-order valence-corrected chi connectivity index (χ0v) is 17.9. The van der Waals surface area contributed by atoms with E-state index in [9.17, 15) is 14.3 Å². The molecule has 2 aromatic heterocycles. The number of carboxylic acid groups (broad SMARTS) is 1. The number of aromatic nitrogens is 2. The summed E-state index contributed by atoms with van der Waals surface area (Å²) in [7, 11) is 2.04. The van der Waals surface area contributed by atoms with Gasteiger partial charge in [-0.15, -0.1) is 0 Å². The van der Waals surface area contributed by atoms with E-state index in [0.717, 1.165) is 60.4 Å². The lowest BCUT2D eigenvalue weighted by Gasteiger charge is -2.52. The van der Waals surface area contributed by atoms with Crippen molar-refractivity contribution in [2.75, 3.05) is 20.1 Å². The van der Waals surface area contributed by atoms with Gasteiger partial charge in [-0.05, 0) is 62.1 Å². The highest BCUT2D eigenvalue weighted by molar-refractivity contribution is 5.95. The highest BCUT2D eigenvalue weighted by Crippen LogP contribution is 2.55. The van der Waals surface area contributed by atoms with E-state index in [-0.39, 0.29) is 16.8 Å². The number of carbonyl (C=O) groups is 1. The van der Waals surface area contributed by atoms with Gasteiger partial charge in [-0.2, -0.15) is 0 Å². The zero-order valence-electron chi connectivity index (χ0n) is 17.9. The van der Waals surface area contributed by atoms with E-state index in [4.69, 9.17) is 5.73 Å². The molecule has 3 heterocycles. The lowest BCUT2D eigenvalue weighted by atomic mass is 9.68. The fourth-order valence-corrected chi connectivity index (χ4v) is 5.81. The van der Waals surface area contributed by atoms with E-state index >= 15 is 0 Å². The summed E-state index contributed by atoms with van der Waals surface area (Å²) in [4.78, 5) is 22.8. The predicted molar refractivity (Wildman–Crippen MR) is 119 cm³/mol. The van der Waals surface area contributed by atoms with Gasteiger partial charge in [0.2, 0.25) is 0 Å². The zero-order chi connectivity index (χ0) is 22.3. The van der Waals surface area contributed by atoms with Gasteiger partial charge in [-0.1, -0.05) is 12.1 Å². The van der Waals surface area contributed by atoms with E-state index in [1.807, 2.05) is 25.4 Å². The maximum absolute atomic E-state index is 13.8. The molecule has 0 amide bonds. The SMILES string of the molecule is CN1CC(c2[nH]c3c(c2C(=O)O)CCc2cnc(-c4cccc(F)c4)cc2-3)(C2(N)CC2)C1. The molecule has 164 valence electrons. The second kappa shape index (κ2) is 6.49. The number of aryl methyl sites for hydroxylation is 1. The van der Waals surface area contributed by atoms with Crippen molar-refractivity contribution in [1.82, 2.24) is 14.9 Å². The molecule has 4 N–H and O–H groups in total. The summed E-state index contributed by atoms with van der Waals surface area (Å²) in [6.07, 6.45) is 5.02. The van der Waals surface area contributed by atoms with E-state index in [1.165, 1.54) is 12.1 Å². The van der Waals surface area contributed by atoms with Crippen LogP contribution in [-0.4, -0.2) is 51.6 Å². The van der Waals surface area contributed by atoms with Crippen molar-refractivity contribution in [3.05, 3.63) is 64.7 Å². The average molecular weight is 432 g/mol. The van der Waals surface area contributed by atoms with Gasteiger partial charge in [0, 0.05) is 41.6 Å². The number of nitrogens with one attached hydrogen (secondary N) is 1. The standard InChI is InChI=1S/C25H25FN4O2/c1-30-12-24(13-30,25(27)7-8-25)22-20(23(31)32)17-6-5-15-11-28-19(10-18(15)21(17)29-22)14-3-2-4-16(26)9-14/h2-4,9-11,29H,5-8,12-13,27H2,1H3,(H,31,32). The Hall–Kier alpha value is -3.03. The molecule has 3 aromatic rings. The Morgan fingerprint density at radius 3 is 2.69 bits per heavy atom. The van der Waals surface area contributed by atoms with Gasteiger partial charge in [0.05, 0.1) is 22.4 Å². The molecular weight excluding hydrogens is 407 g/mol. The third kappa shape index (κ3) is 2.64. The molecule has 6 nitrogen and oxygen atoms in total. The van der Waals surface area contributed by atoms with Gasteiger partial charge in [-0.3, -0.25) is 4.98 Å². The summed E-state index contributed by atoms with van der Waals surface area (Å²) < 4.78 is 13.8. The van der Waals surface area contributed by atoms with Crippen molar-refractivity contribution in [3.8, 4) is 22.5 Å². The number of nitrogens with zero attached hydrogens (tertiary/aromatic N) is 2. The van der Waals surface area contributed by atoms with Crippen molar-refractivity contribution in [2.45, 2.75) is 36.6 Å². The Bertz CT molecular complexity index is 1270. The van der Waals surface area contributed by atoms with Crippen molar-refractivity contribution >= 4 is 5.97 Å². The van der Waals surface area contributed by atoms with Gasteiger partial charge in [0.1, 0.15) is 5.82 Å². The first-order valence-electron chi connectivity index (χ1n) is 11.0. The summed E-state index contributed by atoms with van der Waals surface area (Å²) in [6.45, 7) is 1.50. The number of pyridine rings is 1. The summed E-state index contributed by atoms with van der Waals surface area (Å²) in [5, 5.41) is 10.2. The van der Waals surface area contributed by atoms with Crippen LogP contribution >= 0.6 is 0 Å². The number of fused-ring (bicyclic) bond motifs is 3. The van der Waals surface area contributed by atoms with Crippen molar-refractivity contribution in [1.29, 1.82) is 0 Å². The Kier molecular flexibility index (Phi) is 3.99. The fourth-order valence-electron chi connectivity index (χ4n) is 5.81. The lowest BCUT2D eigenvalue weighted by Crippen LogP contribution is -2.68. The molecule has 0 radical (unpaired) electrons. The normalized spacial score (nSPS) is 20.2. The Morgan fingerprint density at radius 1 is 1.25 bits per heavy atom. The van der Waals surface area contributed by atoms with Crippen LogP contribution in [0.25, 0.3) is 22.5 Å². The largest absolute Gasteiger partial charge is 0.478 e. The highest BCUT2D eigenvalue weighted by Gasteiger charge is 2.64. The number of hydrogen-bond acceptors (Lipinski definition) is 4. The highest BCUT2D eigenvalue weighted by atomic mass is 19.1. The topological polar surface area (TPSA) is 95.2 Å². The van der Waals surface area contributed by atoms with Crippen molar-refractivity contribution < 1.29 is 14.3 Å². The van der Waals surface area contributed by atoms with Gasteiger partial charge in [-0.25, -0.2) is 9.18 Å². The molecule has 1 saturated carbocycles. The molecule has 1 saturated heterocycles. The lowest BCUT2D eigenvalue weighted by molar-refractivity contribution is 0.0541. The number of aromatic carboxylic acids is 1. The molecule has 0 bridgehead atoms. The third-order valence-electron chi connectivity index (χ3n) is 7.64. The second-order valence-corrected chi connectivity index (χ2v) is 9.68. The molecule has 0 atom stereocenters.